The lowest BCUT2D eigenvalue weighted by Gasteiger charge is -2.33. The van der Waals surface area contributed by atoms with Gasteiger partial charge in [0.2, 0.25) is 0 Å². The molecule has 1 unspecified atom stereocenters. The van der Waals surface area contributed by atoms with Crippen LogP contribution in [0.4, 0.5) is 0 Å². The highest BCUT2D eigenvalue weighted by atomic mass is 16.5. The van der Waals surface area contributed by atoms with Gasteiger partial charge in [0, 0.05) is 25.7 Å². The molecule has 0 bridgehead atoms. The van der Waals surface area contributed by atoms with Crippen LogP contribution in [0.25, 0.3) is 0 Å². The van der Waals surface area contributed by atoms with E-state index in [1.807, 2.05) is 43.3 Å². The van der Waals surface area contributed by atoms with Gasteiger partial charge < -0.3 is 9.84 Å². The zero-order valence-corrected chi connectivity index (χ0v) is 15.7. The Hall–Kier alpha value is -2.17. The summed E-state index contributed by atoms with van der Waals surface area (Å²) in [6.07, 6.45) is 1.01. The highest BCUT2D eigenvalue weighted by molar-refractivity contribution is 5.73. The van der Waals surface area contributed by atoms with Crippen LogP contribution in [-0.2, 0) is 22.6 Å². The van der Waals surface area contributed by atoms with Gasteiger partial charge in [-0.15, -0.1) is 0 Å². The standard InChI is InChI=1S/C22H29NO3/c1-3-4-15-26-21(22(24)25)18(2)23(16-19-11-7-5-8-12-19)17-20-13-9-6-10-14-20/h5-14,18,21H,3-4,15-17H2,1-2H3,(H,24,25)/t18-,21?/m0/s1. The predicted octanol–water partition coefficient (Wildman–Crippen LogP) is 4.35. The van der Waals surface area contributed by atoms with Crippen LogP contribution >= 0.6 is 0 Å². The van der Waals surface area contributed by atoms with Crippen LogP contribution in [0, 0.1) is 0 Å². The van der Waals surface area contributed by atoms with Gasteiger partial charge in [-0.1, -0.05) is 74.0 Å². The molecule has 0 aliphatic heterocycles. The van der Waals surface area contributed by atoms with Gasteiger partial charge in [-0.3, -0.25) is 4.90 Å². The minimum Gasteiger partial charge on any atom is -0.479 e. The molecule has 0 amide bonds. The molecule has 4 heteroatoms. The summed E-state index contributed by atoms with van der Waals surface area (Å²) in [5.74, 6) is -0.903. The topological polar surface area (TPSA) is 49.8 Å². The third-order valence-corrected chi connectivity index (χ3v) is 4.51. The molecule has 0 aromatic heterocycles. The molecule has 0 radical (unpaired) electrons. The lowest BCUT2D eigenvalue weighted by molar-refractivity contribution is -0.155. The fourth-order valence-corrected chi connectivity index (χ4v) is 2.94. The molecular weight excluding hydrogens is 326 g/mol. The normalized spacial score (nSPS) is 13.5. The number of aliphatic carboxylic acids is 1. The molecule has 0 fully saturated rings. The fraction of sp³-hybridized carbons (Fsp3) is 0.409. The van der Waals surface area contributed by atoms with Crippen LogP contribution in [0.1, 0.15) is 37.8 Å². The summed E-state index contributed by atoms with van der Waals surface area (Å²) >= 11 is 0. The largest absolute Gasteiger partial charge is 0.479 e. The lowest BCUT2D eigenvalue weighted by Crippen LogP contribution is -2.46. The maximum atomic E-state index is 11.8. The van der Waals surface area contributed by atoms with E-state index in [1.54, 1.807) is 0 Å². The second-order valence-electron chi connectivity index (χ2n) is 6.60. The Morgan fingerprint density at radius 2 is 1.50 bits per heavy atom. The number of carbonyl (C=O) groups is 1. The summed E-state index contributed by atoms with van der Waals surface area (Å²) < 4.78 is 5.72. The van der Waals surface area contributed by atoms with Gasteiger partial charge in [0.1, 0.15) is 0 Å². The number of benzene rings is 2. The number of ether oxygens (including phenoxy) is 1. The molecule has 2 aromatic rings. The predicted molar refractivity (Wildman–Crippen MR) is 104 cm³/mol. The van der Waals surface area contributed by atoms with Crippen molar-refractivity contribution < 1.29 is 14.6 Å². The van der Waals surface area contributed by atoms with Crippen molar-refractivity contribution in [2.45, 2.75) is 51.9 Å². The van der Waals surface area contributed by atoms with Crippen LogP contribution in [0.15, 0.2) is 60.7 Å². The summed E-state index contributed by atoms with van der Waals surface area (Å²) in [6.45, 7) is 5.84. The minimum absolute atomic E-state index is 0.246. The Morgan fingerprint density at radius 1 is 1.00 bits per heavy atom. The van der Waals surface area contributed by atoms with Crippen LogP contribution in [0.5, 0.6) is 0 Å². The number of rotatable bonds is 11. The zero-order chi connectivity index (χ0) is 18.8. The molecule has 0 saturated carbocycles. The second kappa shape index (κ2) is 10.7. The summed E-state index contributed by atoms with van der Waals surface area (Å²) in [7, 11) is 0. The molecule has 0 aliphatic carbocycles. The maximum absolute atomic E-state index is 11.8. The Kier molecular flexibility index (Phi) is 8.32. The first kappa shape index (κ1) is 20.1. The Balaban J connectivity index is 2.17. The first-order valence-electron chi connectivity index (χ1n) is 9.28. The summed E-state index contributed by atoms with van der Waals surface area (Å²) in [6, 6.07) is 20.0. The van der Waals surface area contributed by atoms with Gasteiger partial charge in [0.25, 0.3) is 0 Å². The third-order valence-electron chi connectivity index (χ3n) is 4.51. The molecule has 1 N–H and O–H groups in total. The molecule has 0 heterocycles. The van der Waals surface area contributed by atoms with E-state index in [9.17, 15) is 9.90 Å². The Labute approximate surface area is 156 Å². The van der Waals surface area contributed by atoms with Crippen molar-refractivity contribution in [3.8, 4) is 0 Å². The van der Waals surface area contributed by atoms with Crippen LogP contribution in [0.2, 0.25) is 0 Å². The first-order chi connectivity index (χ1) is 12.6. The van der Waals surface area contributed by atoms with Crippen LogP contribution in [-0.4, -0.2) is 34.7 Å². The highest BCUT2D eigenvalue weighted by Gasteiger charge is 2.30. The maximum Gasteiger partial charge on any atom is 0.334 e. The monoisotopic (exact) mass is 355 g/mol. The summed E-state index contributed by atoms with van der Waals surface area (Å²) in [5, 5.41) is 9.67. The average molecular weight is 355 g/mol. The van der Waals surface area contributed by atoms with Gasteiger partial charge in [0.05, 0.1) is 0 Å². The van der Waals surface area contributed by atoms with Gasteiger partial charge in [0.15, 0.2) is 6.10 Å². The molecule has 140 valence electrons. The van der Waals surface area contributed by atoms with Gasteiger partial charge in [-0.05, 0) is 24.5 Å². The van der Waals surface area contributed by atoms with Crippen molar-refractivity contribution in [3.05, 3.63) is 71.8 Å². The fourth-order valence-electron chi connectivity index (χ4n) is 2.94. The molecular formula is C22H29NO3. The van der Waals surface area contributed by atoms with Crippen molar-refractivity contribution in [2.75, 3.05) is 6.61 Å². The van der Waals surface area contributed by atoms with E-state index in [1.165, 1.54) is 0 Å². The average Bonchev–Trinajstić information content (AvgIpc) is 2.66. The van der Waals surface area contributed by atoms with E-state index in [4.69, 9.17) is 4.74 Å². The van der Waals surface area contributed by atoms with Gasteiger partial charge >= 0.3 is 5.97 Å². The second-order valence-corrected chi connectivity index (χ2v) is 6.60. The van der Waals surface area contributed by atoms with Crippen molar-refractivity contribution in [1.29, 1.82) is 0 Å². The van der Waals surface area contributed by atoms with Gasteiger partial charge in [-0.25, -0.2) is 4.79 Å². The molecule has 0 spiro atoms. The number of unbranched alkanes of at least 4 members (excludes halogenated alkanes) is 1. The van der Waals surface area contributed by atoms with Crippen LogP contribution in [0.3, 0.4) is 0 Å². The molecule has 2 aromatic carbocycles. The SMILES string of the molecule is CCCCOC(C(=O)O)[C@H](C)N(Cc1ccccc1)Cc1ccccc1. The smallest absolute Gasteiger partial charge is 0.334 e. The van der Waals surface area contributed by atoms with E-state index >= 15 is 0 Å². The van der Waals surface area contributed by atoms with Gasteiger partial charge in [-0.2, -0.15) is 0 Å². The van der Waals surface area contributed by atoms with Crippen molar-refractivity contribution in [2.24, 2.45) is 0 Å². The number of nitrogens with zero attached hydrogens (tertiary/aromatic N) is 1. The summed E-state index contributed by atoms with van der Waals surface area (Å²) in [4.78, 5) is 14.0. The van der Waals surface area contributed by atoms with E-state index in [-0.39, 0.29) is 6.04 Å². The van der Waals surface area contributed by atoms with Crippen molar-refractivity contribution >= 4 is 5.97 Å². The number of carboxylic acid groups (broad SMARTS) is 1. The molecule has 0 aliphatic rings. The molecule has 2 rings (SSSR count). The van der Waals surface area contributed by atoms with E-state index < -0.39 is 12.1 Å². The first-order valence-corrected chi connectivity index (χ1v) is 9.28. The number of carboxylic acids is 1. The Morgan fingerprint density at radius 3 is 1.92 bits per heavy atom. The molecule has 26 heavy (non-hydrogen) atoms. The van der Waals surface area contributed by atoms with Crippen molar-refractivity contribution in [3.63, 3.8) is 0 Å². The van der Waals surface area contributed by atoms with E-state index in [2.05, 4.69) is 36.1 Å². The van der Waals surface area contributed by atoms with Crippen LogP contribution < -0.4 is 0 Å². The summed E-state index contributed by atoms with van der Waals surface area (Å²) in [5.41, 5.74) is 2.32. The lowest BCUT2D eigenvalue weighted by atomic mass is 10.1. The van der Waals surface area contributed by atoms with E-state index in [0.717, 1.165) is 24.0 Å². The third kappa shape index (κ3) is 6.28. The minimum atomic E-state index is -0.903. The Bertz CT molecular complexity index is 603. The zero-order valence-electron chi connectivity index (χ0n) is 15.7. The highest BCUT2D eigenvalue weighted by Crippen LogP contribution is 2.17. The quantitative estimate of drug-likeness (QED) is 0.609. The number of hydrogen-bond acceptors (Lipinski definition) is 3. The molecule has 2 atom stereocenters. The number of hydrogen-bond donors (Lipinski definition) is 1. The van der Waals surface area contributed by atoms with E-state index in [0.29, 0.717) is 19.7 Å². The van der Waals surface area contributed by atoms with Crippen molar-refractivity contribution in [1.82, 2.24) is 4.90 Å². The molecule has 0 saturated heterocycles. The molecule has 4 nitrogen and oxygen atoms in total.